The summed E-state index contributed by atoms with van der Waals surface area (Å²) in [5.41, 5.74) is 1.21. The quantitative estimate of drug-likeness (QED) is 0.778. The van der Waals surface area contributed by atoms with Crippen LogP contribution < -0.4 is 0 Å². The van der Waals surface area contributed by atoms with Gasteiger partial charge in [0.25, 0.3) is 5.91 Å². The fraction of sp³-hybridized carbons (Fsp3) is 0.500. The number of rotatable bonds is 2. The van der Waals surface area contributed by atoms with Crippen LogP contribution in [0, 0.1) is 0 Å². The Balaban J connectivity index is 1.82. The van der Waals surface area contributed by atoms with Crippen LogP contribution in [0.5, 0.6) is 0 Å². The molecule has 1 amide bonds. The lowest BCUT2D eigenvalue weighted by atomic mass is 10.1. The molecule has 3 nitrogen and oxygen atoms in total. The van der Waals surface area contributed by atoms with Gasteiger partial charge in [-0.15, -0.1) is 0 Å². The molecule has 1 aliphatic heterocycles. The number of carbonyl (C=O) groups excluding carboxylic acids is 1. The third kappa shape index (κ3) is 1.84. The first-order chi connectivity index (χ1) is 8.21. The molecule has 1 aromatic carbocycles. The Morgan fingerprint density at radius 2 is 2.06 bits per heavy atom. The minimum Gasteiger partial charge on any atom is -0.366 e. The van der Waals surface area contributed by atoms with Crippen LogP contribution in [0.25, 0.3) is 0 Å². The Bertz CT molecular complexity index is 425. The summed E-state index contributed by atoms with van der Waals surface area (Å²) in [6.45, 7) is 3.26. The third-order valence-corrected chi connectivity index (χ3v) is 3.80. The number of benzene rings is 1. The molecule has 1 aliphatic carbocycles. The van der Waals surface area contributed by atoms with E-state index in [4.69, 9.17) is 4.74 Å². The highest BCUT2D eigenvalue weighted by Crippen LogP contribution is 2.45. The van der Waals surface area contributed by atoms with E-state index in [0.717, 1.165) is 12.8 Å². The average molecular weight is 231 g/mol. The van der Waals surface area contributed by atoms with Crippen LogP contribution >= 0.6 is 0 Å². The molecule has 2 aliphatic rings. The zero-order chi connectivity index (χ0) is 11.9. The number of ether oxygens (including phenoxy) is 1. The van der Waals surface area contributed by atoms with Gasteiger partial charge in [0.15, 0.2) is 0 Å². The zero-order valence-corrected chi connectivity index (χ0v) is 10.1. The summed E-state index contributed by atoms with van der Waals surface area (Å²) in [5.74, 6) is 0.137. The van der Waals surface area contributed by atoms with Crippen molar-refractivity contribution in [2.75, 3.05) is 6.61 Å². The first-order valence-electron chi connectivity index (χ1n) is 6.18. The van der Waals surface area contributed by atoms with Gasteiger partial charge in [-0.05, 0) is 25.3 Å². The Morgan fingerprint density at radius 1 is 1.35 bits per heavy atom. The number of carbonyl (C=O) groups is 1. The van der Waals surface area contributed by atoms with Crippen molar-refractivity contribution in [3.63, 3.8) is 0 Å². The van der Waals surface area contributed by atoms with E-state index in [-0.39, 0.29) is 17.6 Å². The van der Waals surface area contributed by atoms with E-state index in [0.29, 0.717) is 13.2 Å². The van der Waals surface area contributed by atoms with Crippen LogP contribution in [0.1, 0.15) is 25.3 Å². The molecular formula is C14H17NO2. The minimum absolute atomic E-state index is 0.0133. The largest absolute Gasteiger partial charge is 0.366 e. The third-order valence-electron chi connectivity index (χ3n) is 3.80. The molecule has 1 saturated heterocycles. The Labute approximate surface area is 101 Å². The van der Waals surface area contributed by atoms with Crippen LogP contribution in [0.15, 0.2) is 30.3 Å². The van der Waals surface area contributed by atoms with E-state index in [2.05, 4.69) is 12.1 Å². The second-order valence-electron chi connectivity index (χ2n) is 5.09. The zero-order valence-electron chi connectivity index (χ0n) is 10.1. The molecule has 1 spiro atoms. The van der Waals surface area contributed by atoms with Crippen LogP contribution in [0.4, 0.5) is 0 Å². The van der Waals surface area contributed by atoms with Gasteiger partial charge >= 0.3 is 0 Å². The minimum atomic E-state index is -0.287. The van der Waals surface area contributed by atoms with Crippen molar-refractivity contribution in [1.82, 2.24) is 4.90 Å². The second kappa shape index (κ2) is 3.84. The van der Waals surface area contributed by atoms with Gasteiger partial charge < -0.3 is 9.64 Å². The molecule has 0 radical (unpaired) electrons. The van der Waals surface area contributed by atoms with Crippen molar-refractivity contribution in [1.29, 1.82) is 0 Å². The van der Waals surface area contributed by atoms with Crippen molar-refractivity contribution in [3.8, 4) is 0 Å². The van der Waals surface area contributed by atoms with E-state index < -0.39 is 0 Å². The number of nitrogens with zero attached hydrogens (tertiary/aromatic N) is 1. The van der Waals surface area contributed by atoms with Crippen LogP contribution in [-0.4, -0.2) is 29.1 Å². The van der Waals surface area contributed by atoms with Crippen LogP contribution in [0.3, 0.4) is 0 Å². The first kappa shape index (κ1) is 10.8. The SMILES string of the molecule is CC1OCC2(CC2)N(Cc2ccccc2)C1=O. The molecule has 3 heteroatoms. The fourth-order valence-electron chi connectivity index (χ4n) is 2.45. The predicted octanol–water partition coefficient (Wildman–Crippen LogP) is 1.97. The van der Waals surface area contributed by atoms with Crippen molar-refractivity contribution < 1.29 is 9.53 Å². The van der Waals surface area contributed by atoms with E-state index in [1.165, 1.54) is 5.56 Å². The summed E-state index contributed by atoms with van der Waals surface area (Å²) in [6, 6.07) is 10.2. The Kier molecular flexibility index (Phi) is 2.44. The molecule has 0 bridgehead atoms. The maximum atomic E-state index is 12.2. The monoisotopic (exact) mass is 231 g/mol. The number of hydrogen-bond acceptors (Lipinski definition) is 2. The topological polar surface area (TPSA) is 29.5 Å². The van der Waals surface area contributed by atoms with Gasteiger partial charge in [-0.25, -0.2) is 0 Å². The molecule has 2 fully saturated rings. The van der Waals surface area contributed by atoms with Crippen LogP contribution in [-0.2, 0) is 16.1 Å². The standard InChI is InChI=1S/C14H17NO2/c1-11-13(16)15(14(7-8-14)10-17-11)9-12-5-3-2-4-6-12/h2-6,11H,7-10H2,1H3. The lowest BCUT2D eigenvalue weighted by Crippen LogP contribution is -2.54. The molecule has 0 N–H and O–H groups in total. The van der Waals surface area contributed by atoms with Crippen molar-refractivity contribution in [2.45, 2.75) is 38.0 Å². The summed E-state index contributed by atoms with van der Waals surface area (Å²) < 4.78 is 5.54. The van der Waals surface area contributed by atoms with Gasteiger partial charge in [-0.2, -0.15) is 0 Å². The summed E-state index contributed by atoms with van der Waals surface area (Å²) in [7, 11) is 0. The molecule has 0 aromatic heterocycles. The molecule has 90 valence electrons. The maximum absolute atomic E-state index is 12.2. The Hall–Kier alpha value is -1.35. The smallest absolute Gasteiger partial charge is 0.252 e. The number of amides is 1. The second-order valence-corrected chi connectivity index (χ2v) is 5.09. The molecule has 3 rings (SSSR count). The number of hydrogen-bond donors (Lipinski definition) is 0. The van der Waals surface area contributed by atoms with Gasteiger partial charge in [0.1, 0.15) is 6.10 Å². The Morgan fingerprint density at radius 3 is 2.71 bits per heavy atom. The predicted molar refractivity (Wildman–Crippen MR) is 64.4 cm³/mol. The molecule has 1 atom stereocenters. The molecular weight excluding hydrogens is 214 g/mol. The van der Waals surface area contributed by atoms with Crippen LogP contribution in [0.2, 0.25) is 0 Å². The highest BCUT2D eigenvalue weighted by Gasteiger charge is 2.54. The van der Waals surface area contributed by atoms with Crippen molar-refractivity contribution in [2.24, 2.45) is 0 Å². The molecule has 17 heavy (non-hydrogen) atoms. The van der Waals surface area contributed by atoms with Crippen molar-refractivity contribution >= 4 is 5.91 Å². The number of morpholine rings is 1. The van der Waals surface area contributed by atoms with Crippen molar-refractivity contribution in [3.05, 3.63) is 35.9 Å². The highest BCUT2D eigenvalue weighted by molar-refractivity contribution is 5.82. The highest BCUT2D eigenvalue weighted by atomic mass is 16.5. The normalized spacial score (nSPS) is 26.3. The summed E-state index contributed by atoms with van der Waals surface area (Å²) in [4.78, 5) is 14.2. The molecule has 1 heterocycles. The first-order valence-corrected chi connectivity index (χ1v) is 6.18. The molecule has 1 unspecified atom stereocenters. The average Bonchev–Trinajstić information content (AvgIpc) is 3.13. The summed E-state index contributed by atoms with van der Waals surface area (Å²) in [6.07, 6.45) is 1.88. The lowest BCUT2D eigenvalue weighted by Gasteiger charge is -2.39. The molecule has 1 aromatic rings. The van der Waals surface area contributed by atoms with E-state index in [9.17, 15) is 4.79 Å². The van der Waals surface area contributed by atoms with Gasteiger partial charge in [0.2, 0.25) is 0 Å². The maximum Gasteiger partial charge on any atom is 0.252 e. The lowest BCUT2D eigenvalue weighted by molar-refractivity contribution is -0.161. The van der Waals surface area contributed by atoms with E-state index >= 15 is 0 Å². The summed E-state index contributed by atoms with van der Waals surface area (Å²) in [5, 5.41) is 0. The summed E-state index contributed by atoms with van der Waals surface area (Å²) >= 11 is 0. The molecule has 1 saturated carbocycles. The van der Waals surface area contributed by atoms with Gasteiger partial charge in [0, 0.05) is 6.54 Å². The fourth-order valence-corrected chi connectivity index (χ4v) is 2.45. The van der Waals surface area contributed by atoms with E-state index in [1.54, 1.807) is 0 Å². The van der Waals surface area contributed by atoms with Gasteiger partial charge in [-0.3, -0.25) is 4.79 Å². The van der Waals surface area contributed by atoms with Gasteiger partial charge in [0.05, 0.1) is 12.1 Å². The van der Waals surface area contributed by atoms with Gasteiger partial charge in [-0.1, -0.05) is 30.3 Å². The van der Waals surface area contributed by atoms with E-state index in [1.807, 2.05) is 30.0 Å².